The van der Waals surface area contributed by atoms with Crippen LogP contribution in [0.4, 0.5) is 0 Å². The summed E-state index contributed by atoms with van der Waals surface area (Å²) in [6.07, 6.45) is 3.00. The maximum Gasteiger partial charge on any atom is 0.256 e. The summed E-state index contributed by atoms with van der Waals surface area (Å²) in [5.41, 5.74) is 1.33. The Balaban J connectivity index is 2.13. The molecule has 5 nitrogen and oxygen atoms in total. The van der Waals surface area contributed by atoms with Gasteiger partial charge in [-0.2, -0.15) is 0 Å². The van der Waals surface area contributed by atoms with Gasteiger partial charge in [-0.25, -0.2) is 9.97 Å². The van der Waals surface area contributed by atoms with Crippen LogP contribution in [0.25, 0.3) is 11.4 Å². The number of hydrogen-bond donors (Lipinski definition) is 1. The highest BCUT2D eigenvalue weighted by Crippen LogP contribution is 2.12. The van der Waals surface area contributed by atoms with Gasteiger partial charge in [0.05, 0.1) is 5.56 Å². The second-order valence-corrected chi connectivity index (χ2v) is 3.60. The molecule has 1 aromatic heterocycles. The summed E-state index contributed by atoms with van der Waals surface area (Å²) in [4.78, 5) is 19.9. The van der Waals surface area contributed by atoms with E-state index in [-0.39, 0.29) is 12.6 Å². The van der Waals surface area contributed by atoms with Crippen LogP contribution < -0.4 is 5.32 Å². The van der Waals surface area contributed by atoms with Crippen molar-refractivity contribution in [3.05, 3.63) is 48.3 Å². The number of methoxy groups -OCH3 is 1. The van der Waals surface area contributed by atoms with Gasteiger partial charge in [-0.1, -0.05) is 30.3 Å². The average Bonchev–Trinajstić information content (AvgIpc) is 2.46. The Morgan fingerprint density at radius 1 is 1.22 bits per heavy atom. The Morgan fingerprint density at radius 2 is 1.89 bits per heavy atom. The van der Waals surface area contributed by atoms with Crippen molar-refractivity contribution in [1.29, 1.82) is 0 Å². The predicted molar refractivity (Wildman–Crippen MR) is 66.8 cm³/mol. The molecular formula is C13H13N3O2. The summed E-state index contributed by atoms with van der Waals surface area (Å²) < 4.78 is 4.75. The van der Waals surface area contributed by atoms with Gasteiger partial charge in [-0.15, -0.1) is 0 Å². The smallest absolute Gasteiger partial charge is 0.256 e. The molecule has 1 heterocycles. The first kappa shape index (κ1) is 12.2. The molecule has 0 saturated heterocycles. The molecule has 0 bridgehead atoms. The zero-order valence-electron chi connectivity index (χ0n) is 9.96. The Kier molecular flexibility index (Phi) is 3.98. The normalized spacial score (nSPS) is 10.1. The Bertz CT molecular complexity index is 512. The Hall–Kier alpha value is -2.27. The average molecular weight is 243 g/mol. The first-order valence-corrected chi connectivity index (χ1v) is 5.46. The van der Waals surface area contributed by atoms with Gasteiger partial charge in [0.25, 0.3) is 5.91 Å². The van der Waals surface area contributed by atoms with Gasteiger partial charge >= 0.3 is 0 Å². The molecule has 0 aliphatic carbocycles. The summed E-state index contributed by atoms with van der Waals surface area (Å²) in [5, 5.41) is 2.57. The Morgan fingerprint density at radius 3 is 2.50 bits per heavy atom. The largest absolute Gasteiger partial charge is 0.364 e. The number of carbonyl (C=O) groups is 1. The number of rotatable bonds is 4. The first-order chi connectivity index (χ1) is 8.81. The zero-order chi connectivity index (χ0) is 12.8. The summed E-state index contributed by atoms with van der Waals surface area (Å²) in [6, 6.07) is 9.59. The molecular weight excluding hydrogens is 230 g/mol. The summed E-state index contributed by atoms with van der Waals surface area (Å²) >= 11 is 0. The molecule has 0 atom stereocenters. The lowest BCUT2D eigenvalue weighted by molar-refractivity contribution is 0.0871. The van der Waals surface area contributed by atoms with Crippen LogP contribution in [0.5, 0.6) is 0 Å². The van der Waals surface area contributed by atoms with Gasteiger partial charge in [0.2, 0.25) is 0 Å². The van der Waals surface area contributed by atoms with Gasteiger partial charge in [0, 0.05) is 25.1 Å². The fourth-order valence-electron chi connectivity index (χ4n) is 1.42. The van der Waals surface area contributed by atoms with E-state index in [0.717, 1.165) is 5.56 Å². The third-order valence-corrected chi connectivity index (χ3v) is 2.32. The van der Waals surface area contributed by atoms with Crippen LogP contribution in [0.1, 0.15) is 10.4 Å². The van der Waals surface area contributed by atoms with Crippen molar-refractivity contribution in [2.24, 2.45) is 0 Å². The highest BCUT2D eigenvalue weighted by Gasteiger charge is 2.06. The van der Waals surface area contributed by atoms with Crippen LogP contribution in [0.15, 0.2) is 42.7 Å². The van der Waals surface area contributed by atoms with Crippen LogP contribution in [0.2, 0.25) is 0 Å². The van der Waals surface area contributed by atoms with Crippen molar-refractivity contribution in [2.75, 3.05) is 13.8 Å². The molecule has 18 heavy (non-hydrogen) atoms. The van der Waals surface area contributed by atoms with E-state index < -0.39 is 0 Å². The number of amides is 1. The lowest BCUT2D eigenvalue weighted by Gasteiger charge is -2.04. The van der Waals surface area contributed by atoms with Gasteiger partial charge < -0.3 is 10.1 Å². The number of hydrogen-bond acceptors (Lipinski definition) is 4. The number of ether oxygens (including phenoxy) is 1. The van der Waals surface area contributed by atoms with E-state index in [1.807, 2.05) is 30.3 Å². The number of carbonyl (C=O) groups excluding carboxylic acids is 1. The molecule has 2 rings (SSSR count). The van der Waals surface area contributed by atoms with Crippen LogP contribution >= 0.6 is 0 Å². The monoisotopic (exact) mass is 243 g/mol. The van der Waals surface area contributed by atoms with E-state index in [2.05, 4.69) is 15.3 Å². The van der Waals surface area contributed by atoms with Crippen LogP contribution in [0, 0.1) is 0 Å². The molecule has 1 N–H and O–H groups in total. The van der Waals surface area contributed by atoms with Crippen LogP contribution in [-0.4, -0.2) is 29.7 Å². The standard InChI is InChI=1S/C13H13N3O2/c1-18-9-16-13(17)11-7-14-12(15-8-11)10-5-3-2-4-6-10/h2-8H,9H2,1H3,(H,16,17). The summed E-state index contributed by atoms with van der Waals surface area (Å²) in [6.45, 7) is 0.166. The number of nitrogens with one attached hydrogen (secondary N) is 1. The number of aromatic nitrogens is 2. The molecule has 1 amide bonds. The fourth-order valence-corrected chi connectivity index (χ4v) is 1.42. The minimum Gasteiger partial charge on any atom is -0.364 e. The van der Waals surface area contributed by atoms with E-state index in [0.29, 0.717) is 11.4 Å². The lowest BCUT2D eigenvalue weighted by atomic mass is 10.2. The Labute approximate surface area is 105 Å². The molecule has 2 aromatic rings. The molecule has 0 radical (unpaired) electrons. The molecule has 92 valence electrons. The lowest BCUT2D eigenvalue weighted by Crippen LogP contribution is -2.25. The van der Waals surface area contributed by atoms with Gasteiger partial charge in [0.15, 0.2) is 5.82 Å². The van der Waals surface area contributed by atoms with Crippen molar-refractivity contribution < 1.29 is 9.53 Å². The highest BCUT2D eigenvalue weighted by molar-refractivity contribution is 5.93. The molecule has 0 fully saturated rings. The van der Waals surface area contributed by atoms with Crippen molar-refractivity contribution in [1.82, 2.24) is 15.3 Å². The predicted octanol–water partition coefficient (Wildman–Crippen LogP) is 1.48. The van der Waals surface area contributed by atoms with E-state index in [1.165, 1.54) is 19.5 Å². The van der Waals surface area contributed by atoms with E-state index in [9.17, 15) is 4.79 Å². The molecule has 0 aliphatic heterocycles. The van der Waals surface area contributed by atoms with Crippen molar-refractivity contribution in [3.8, 4) is 11.4 Å². The quantitative estimate of drug-likeness (QED) is 0.826. The second-order valence-electron chi connectivity index (χ2n) is 3.60. The van der Waals surface area contributed by atoms with Crippen LogP contribution in [-0.2, 0) is 4.74 Å². The fraction of sp³-hybridized carbons (Fsp3) is 0.154. The zero-order valence-corrected chi connectivity index (χ0v) is 9.96. The highest BCUT2D eigenvalue weighted by atomic mass is 16.5. The SMILES string of the molecule is COCNC(=O)c1cnc(-c2ccccc2)nc1. The summed E-state index contributed by atoms with van der Waals surface area (Å²) in [7, 11) is 1.51. The van der Waals surface area contributed by atoms with Crippen molar-refractivity contribution in [2.45, 2.75) is 0 Å². The minimum atomic E-state index is -0.253. The van der Waals surface area contributed by atoms with Gasteiger partial charge in [-0.3, -0.25) is 4.79 Å². The van der Waals surface area contributed by atoms with E-state index in [1.54, 1.807) is 0 Å². The maximum atomic E-state index is 11.6. The second kappa shape index (κ2) is 5.88. The summed E-state index contributed by atoms with van der Waals surface area (Å²) in [5.74, 6) is 0.343. The first-order valence-electron chi connectivity index (χ1n) is 5.46. The van der Waals surface area contributed by atoms with E-state index >= 15 is 0 Å². The minimum absolute atomic E-state index is 0.166. The van der Waals surface area contributed by atoms with E-state index in [4.69, 9.17) is 4.74 Å². The topological polar surface area (TPSA) is 64.1 Å². The third kappa shape index (κ3) is 2.89. The number of nitrogens with zero attached hydrogens (tertiary/aromatic N) is 2. The molecule has 1 aromatic carbocycles. The molecule has 0 unspecified atom stereocenters. The van der Waals surface area contributed by atoms with Gasteiger partial charge in [-0.05, 0) is 0 Å². The molecule has 5 heteroatoms. The van der Waals surface area contributed by atoms with Crippen LogP contribution in [0.3, 0.4) is 0 Å². The molecule has 0 aliphatic rings. The van der Waals surface area contributed by atoms with Crippen molar-refractivity contribution >= 4 is 5.91 Å². The van der Waals surface area contributed by atoms with Gasteiger partial charge in [0.1, 0.15) is 6.73 Å². The maximum absolute atomic E-state index is 11.6. The molecule has 0 spiro atoms. The third-order valence-electron chi connectivity index (χ3n) is 2.32. The number of benzene rings is 1. The molecule has 0 saturated carbocycles. The van der Waals surface area contributed by atoms with Crippen molar-refractivity contribution in [3.63, 3.8) is 0 Å².